The topological polar surface area (TPSA) is 79.7 Å². The number of likely N-dealkylation sites (N-methyl/N-ethyl adjacent to an activating group) is 1. The molecule has 6 nitrogen and oxygen atoms in total. The monoisotopic (exact) mass is 300 g/mol. The van der Waals surface area contributed by atoms with E-state index in [2.05, 4.69) is 4.98 Å². The number of aromatic nitrogens is 1. The van der Waals surface area contributed by atoms with E-state index in [0.717, 1.165) is 4.90 Å². The third-order valence-corrected chi connectivity index (χ3v) is 2.60. The molecule has 0 fully saturated rings. The SMILES string of the molecule is CC(C)COc1ncc(C(=O)N(C)CC(=O)O)cc1Cl. The molecule has 0 radical (unpaired) electrons. The molecule has 1 rings (SSSR count). The number of halogens is 1. The highest BCUT2D eigenvalue weighted by Gasteiger charge is 2.16. The summed E-state index contributed by atoms with van der Waals surface area (Å²) in [4.78, 5) is 27.6. The predicted octanol–water partition coefficient (Wildman–Crippen LogP) is 1.93. The average molecular weight is 301 g/mol. The Labute approximate surface area is 122 Å². The average Bonchev–Trinajstić information content (AvgIpc) is 2.35. The summed E-state index contributed by atoms with van der Waals surface area (Å²) in [7, 11) is 1.40. The highest BCUT2D eigenvalue weighted by atomic mass is 35.5. The summed E-state index contributed by atoms with van der Waals surface area (Å²) in [5, 5.41) is 8.87. The van der Waals surface area contributed by atoms with Crippen LogP contribution in [0.2, 0.25) is 5.02 Å². The van der Waals surface area contributed by atoms with Crippen LogP contribution in [0.25, 0.3) is 0 Å². The van der Waals surface area contributed by atoms with E-state index in [1.165, 1.54) is 19.3 Å². The molecule has 0 atom stereocenters. The fourth-order valence-electron chi connectivity index (χ4n) is 1.39. The number of ether oxygens (including phenoxy) is 1. The quantitative estimate of drug-likeness (QED) is 0.868. The number of carboxylic acids is 1. The van der Waals surface area contributed by atoms with Gasteiger partial charge < -0.3 is 14.7 Å². The molecule has 0 saturated carbocycles. The van der Waals surface area contributed by atoms with Crippen LogP contribution >= 0.6 is 11.6 Å². The van der Waals surface area contributed by atoms with Crippen molar-refractivity contribution >= 4 is 23.5 Å². The summed E-state index contributed by atoms with van der Waals surface area (Å²) >= 11 is 5.99. The van der Waals surface area contributed by atoms with Crippen molar-refractivity contribution < 1.29 is 19.4 Å². The Morgan fingerprint density at radius 2 is 2.15 bits per heavy atom. The third-order valence-electron chi connectivity index (χ3n) is 2.33. The number of carbonyl (C=O) groups is 2. The zero-order chi connectivity index (χ0) is 15.3. The molecule has 0 aliphatic carbocycles. The lowest BCUT2D eigenvalue weighted by Gasteiger charge is -2.15. The number of aliphatic carboxylic acids is 1. The summed E-state index contributed by atoms with van der Waals surface area (Å²) in [6, 6.07) is 1.42. The Kier molecular flexibility index (Phi) is 5.76. The fraction of sp³-hybridized carbons (Fsp3) is 0.462. The first-order chi connectivity index (χ1) is 9.31. The Morgan fingerprint density at radius 1 is 1.50 bits per heavy atom. The van der Waals surface area contributed by atoms with Crippen molar-refractivity contribution in [2.75, 3.05) is 20.2 Å². The minimum absolute atomic E-state index is 0.218. The number of pyridine rings is 1. The van der Waals surface area contributed by atoms with Crippen LogP contribution in [0.3, 0.4) is 0 Å². The van der Waals surface area contributed by atoms with Gasteiger partial charge in [0, 0.05) is 13.2 Å². The molecule has 7 heteroatoms. The molecule has 0 aliphatic rings. The maximum Gasteiger partial charge on any atom is 0.323 e. The second kappa shape index (κ2) is 7.09. The number of amides is 1. The molecule has 0 bridgehead atoms. The highest BCUT2D eigenvalue weighted by Crippen LogP contribution is 2.23. The number of hydrogen-bond acceptors (Lipinski definition) is 4. The van der Waals surface area contributed by atoms with E-state index in [1.807, 2.05) is 13.8 Å². The molecule has 1 aromatic heterocycles. The van der Waals surface area contributed by atoms with Crippen molar-refractivity contribution in [3.05, 3.63) is 22.8 Å². The lowest BCUT2D eigenvalue weighted by atomic mass is 10.2. The molecule has 0 aromatic carbocycles. The van der Waals surface area contributed by atoms with Gasteiger partial charge in [0.1, 0.15) is 11.6 Å². The molecule has 20 heavy (non-hydrogen) atoms. The van der Waals surface area contributed by atoms with E-state index in [4.69, 9.17) is 21.4 Å². The van der Waals surface area contributed by atoms with E-state index in [-0.39, 0.29) is 23.0 Å². The van der Waals surface area contributed by atoms with Gasteiger partial charge in [0.15, 0.2) is 0 Å². The molecule has 1 N–H and O–H groups in total. The molecule has 0 saturated heterocycles. The van der Waals surface area contributed by atoms with Gasteiger partial charge in [-0.05, 0) is 12.0 Å². The van der Waals surface area contributed by atoms with Crippen LogP contribution in [-0.2, 0) is 4.79 Å². The summed E-state index contributed by atoms with van der Waals surface area (Å²) in [5.74, 6) is -0.956. The van der Waals surface area contributed by atoms with Crippen LogP contribution in [0.5, 0.6) is 5.88 Å². The minimum atomic E-state index is -1.09. The summed E-state index contributed by atoms with van der Waals surface area (Å²) in [6.07, 6.45) is 1.32. The first-order valence-electron chi connectivity index (χ1n) is 6.07. The van der Waals surface area contributed by atoms with Crippen molar-refractivity contribution in [3.8, 4) is 5.88 Å². The van der Waals surface area contributed by atoms with Gasteiger partial charge in [0.25, 0.3) is 5.91 Å². The predicted molar refractivity (Wildman–Crippen MR) is 74.2 cm³/mol. The van der Waals surface area contributed by atoms with Crippen molar-refractivity contribution in [1.82, 2.24) is 9.88 Å². The number of rotatable bonds is 6. The van der Waals surface area contributed by atoms with Crippen molar-refractivity contribution in [3.63, 3.8) is 0 Å². The van der Waals surface area contributed by atoms with Crippen LogP contribution in [0.15, 0.2) is 12.3 Å². The molecule has 0 aliphatic heterocycles. The van der Waals surface area contributed by atoms with Gasteiger partial charge >= 0.3 is 5.97 Å². The lowest BCUT2D eigenvalue weighted by molar-refractivity contribution is -0.137. The summed E-state index contributed by atoms with van der Waals surface area (Å²) in [6.45, 7) is 4.07. The molecule has 1 heterocycles. The largest absolute Gasteiger partial charge is 0.480 e. The van der Waals surface area contributed by atoms with Crippen LogP contribution < -0.4 is 4.74 Å². The zero-order valence-electron chi connectivity index (χ0n) is 11.6. The maximum atomic E-state index is 11.9. The standard InChI is InChI=1S/C13H17ClN2O4/c1-8(2)7-20-12-10(14)4-9(5-15-12)13(19)16(3)6-11(17)18/h4-5,8H,6-7H2,1-3H3,(H,17,18). The maximum absolute atomic E-state index is 11.9. The van der Waals surface area contributed by atoms with Gasteiger partial charge in [0.05, 0.1) is 12.2 Å². The molecule has 0 unspecified atom stereocenters. The molecular weight excluding hydrogens is 284 g/mol. The fourth-order valence-corrected chi connectivity index (χ4v) is 1.61. The molecule has 0 spiro atoms. The number of carbonyl (C=O) groups excluding carboxylic acids is 1. The second-order valence-corrected chi connectivity index (χ2v) is 5.18. The van der Waals surface area contributed by atoms with E-state index >= 15 is 0 Å². The van der Waals surface area contributed by atoms with Gasteiger partial charge in [0.2, 0.25) is 5.88 Å². The Balaban J connectivity index is 2.80. The smallest absolute Gasteiger partial charge is 0.323 e. The summed E-state index contributed by atoms with van der Waals surface area (Å²) < 4.78 is 5.40. The Morgan fingerprint density at radius 3 is 2.65 bits per heavy atom. The van der Waals surface area contributed by atoms with Crippen LogP contribution in [-0.4, -0.2) is 47.1 Å². The molecule has 110 valence electrons. The first kappa shape index (κ1) is 16.2. The third kappa shape index (κ3) is 4.70. The Bertz CT molecular complexity index is 505. The van der Waals surface area contributed by atoms with Crippen LogP contribution in [0, 0.1) is 5.92 Å². The molecule has 1 aromatic rings. The lowest BCUT2D eigenvalue weighted by Crippen LogP contribution is -2.32. The summed E-state index contributed by atoms with van der Waals surface area (Å²) in [5.41, 5.74) is 0.218. The van der Waals surface area contributed by atoms with Crippen LogP contribution in [0.1, 0.15) is 24.2 Å². The first-order valence-corrected chi connectivity index (χ1v) is 6.44. The molecular formula is C13H17ClN2O4. The normalized spacial score (nSPS) is 10.4. The van der Waals surface area contributed by atoms with Crippen LogP contribution in [0.4, 0.5) is 0 Å². The van der Waals surface area contributed by atoms with Crippen molar-refractivity contribution in [1.29, 1.82) is 0 Å². The van der Waals surface area contributed by atoms with E-state index < -0.39 is 11.9 Å². The van der Waals surface area contributed by atoms with Gasteiger partial charge in [-0.25, -0.2) is 4.98 Å². The number of nitrogens with zero attached hydrogens (tertiary/aromatic N) is 2. The Hall–Kier alpha value is -1.82. The van der Waals surface area contributed by atoms with Gasteiger partial charge in [-0.15, -0.1) is 0 Å². The van der Waals surface area contributed by atoms with Gasteiger partial charge in [-0.1, -0.05) is 25.4 Å². The van der Waals surface area contributed by atoms with Crippen molar-refractivity contribution in [2.24, 2.45) is 5.92 Å². The number of carboxylic acid groups (broad SMARTS) is 1. The van der Waals surface area contributed by atoms with E-state index in [1.54, 1.807) is 0 Å². The second-order valence-electron chi connectivity index (χ2n) is 4.77. The van der Waals surface area contributed by atoms with Crippen molar-refractivity contribution in [2.45, 2.75) is 13.8 Å². The van der Waals surface area contributed by atoms with E-state index in [9.17, 15) is 9.59 Å². The van der Waals surface area contributed by atoms with Gasteiger partial charge in [-0.2, -0.15) is 0 Å². The molecule has 1 amide bonds. The zero-order valence-corrected chi connectivity index (χ0v) is 12.3. The highest BCUT2D eigenvalue weighted by molar-refractivity contribution is 6.32. The number of hydrogen-bond donors (Lipinski definition) is 1. The van der Waals surface area contributed by atoms with E-state index in [0.29, 0.717) is 12.5 Å². The van der Waals surface area contributed by atoms with Gasteiger partial charge in [-0.3, -0.25) is 9.59 Å². The minimum Gasteiger partial charge on any atom is -0.480 e.